The van der Waals surface area contributed by atoms with E-state index in [4.69, 9.17) is 17.5 Å². The first-order chi connectivity index (χ1) is 43.6. The molecule has 2 aromatic carbocycles. The van der Waals surface area contributed by atoms with Crippen LogP contribution >= 0.6 is 114 Å². The lowest BCUT2D eigenvalue weighted by atomic mass is 9.65. The summed E-state index contributed by atoms with van der Waals surface area (Å²) in [7, 11) is 0. The fraction of sp³-hybridized carbons (Fsp3) is 0.397. The molecule has 0 aliphatic heterocycles. The van der Waals surface area contributed by atoms with Gasteiger partial charge in [0.2, 0.25) is 0 Å². The van der Waals surface area contributed by atoms with Crippen molar-refractivity contribution in [3.8, 4) is 90.5 Å². The normalized spacial score (nSPS) is 13.6. The third-order valence-corrected chi connectivity index (χ3v) is 29.3. The van der Waals surface area contributed by atoms with Gasteiger partial charge in [-0.1, -0.05) is 131 Å². The van der Waals surface area contributed by atoms with E-state index in [1.807, 2.05) is 45.3 Å². The maximum atomic E-state index is 17.4. The van der Waals surface area contributed by atoms with Gasteiger partial charge in [-0.15, -0.1) is 90.7 Å². The van der Waals surface area contributed by atoms with Crippen LogP contribution in [0.5, 0.6) is 0 Å². The van der Waals surface area contributed by atoms with Gasteiger partial charge in [-0.25, -0.2) is 8.78 Å². The predicted octanol–water partition coefficient (Wildman–Crippen LogP) is 27.5. The summed E-state index contributed by atoms with van der Waals surface area (Å²) in [6, 6.07) is 34.8. The van der Waals surface area contributed by atoms with Crippen molar-refractivity contribution in [2.24, 2.45) is 11.8 Å². The van der Waals surface area contributed by atoms with Crippen molar-refractivity contribution in [1.29, 1.82) is 0 Å². The Hall–Kier alpha value is -4.46. The molecule has 462 valence electrons. The number of aryl methyl sites for hydroxylation is 2. The van der Waals surface area contributed by atoms with Gasteiger partial charge >= 0.3 is 0 Å². The van der Waals surface area contributed by atoms with Gasteiger partial charge in [0, 0.05) is 94.6 Å². The van der Waals surface area contributed by atoms with Crippen LogP contribution in [0.1, 0.15) is 178 Å². The van der Waals surface area contributed by atoms with Crippen molar-refractivity contribution in [1.82, 2.24) is 17.5 Å². The fourth-order valence-corrected chi connectivity index (χ4v) is 23.9. The number of halogens is 2. The molecule has 1 aliphatic carbocycles. The summed E-state index contributed by atoms with van der Waals surface area (Å²) < 4.78 is 54.6. The molecule has 0 fully saturated rings. The summed E-state index contributed by atoms with van der Waals surface area (Å²) in [5.41, 5.74) is 7.81. The SMILES string of the molecule is CCCCCCc1ccc(-c2ccc(-c3ccc(-c4c(F)cc(-c5cc6c(s5)-c5sc(-c7cc(F)c(-c8ccc(-c9ccc(-c%10ccc(CCCCCC)s%10)s9)s8)c8nsnc78)cc5C6(CC(CC)CCCC)CC(CC)CCCC)c5nsnc45)s3)s2)s1. The summed E-state index contributed by atoms with van der Waals surface area (Å²) >= 11 is 16.6. The zero-order valence-corrected chi connectivity index (χ0v) is 59.8. The molecule has 0 saturated heterocycles. The van der Waals surface area contributed by atoms with Gasteiger partial charge in [0.1, 0.15) is 33.7 Å². The van der Waals surface area contributed by atoms with Gasteiger partial charge in [-0.05, 0) is 159 Å². The number of thiophene rings is 8. The van der Waals surface area contributed by atoms with Crippen molar-refractivity contribution in [2.75, 3.05) is 0 Å². The second-order valence-electron chi connectivity index (χ2n) is 24.3. The summed E-state index contributed by atoms with van der Waals surface area (Å²) in [4.78, 5) is 19.0. The predicted molar refractivity (Wildman–Crippen MR) is 393 cm³/mol. The first-order valence-corrected chi connectivity index (χ1v) is 40.4. The van der Waals surface area contributed by atoms with Crippen LogP contribution in [0.2, 0.25) is 0 Å². The van der Waals surface area contributed by atoms with Gasteiger partial charge in [-0.2, -0.15) is 17.5 Å². The molecule has 2 atom stereocenters. The molecule has 16 heteroatoms. The number of unbranched alkanes of at least 4 members (excludes halogenated alkanes) is 8. The van der Waals surface area contributed by atoms with Gasteiger partial charge in [0.15, 0.2) is 0 Å². The topological polar surface area (TPSA) is 51.6 Å². The summed E-state index contributed by atoms with van der Waals surface area (Å²) in [6.07, 6.45) is 23.8. The first-order valence-electron chi connectivity index (χ1n) is 32.4. The van der Waals surface area contributed by atoms with Crippen LogP contribution in [-0.4, -0.2) is 17.5 Å². The van der Waals surface area contributed by atoms with Crippen molar-refractivity contribution >= 4 is 136 Å². The number of hydrogen-bond donors (Lipinski definition) is 0. The monoisotopic (exact) mass is 1370 g/mol. The van der Waals surface area contributed by atoms with E-state index in [1.165, 1.54) is 137 Å². The van der Waals surface area contributed by atoms with Crippen molar-refractivity contribution in [2.45, 2.75) is 175 Å². The minimum absolute atomic E-state index is 0.276. The summed E-state index contributed by atoms with van der Waals surface area (Å²) in [5, 5.41) is 0. The Morgan fingerprint density at radius 3 is 1.09 bits per heavy atom. The van der Waals surface area contributed by atoms with Crippen molar-refractivity contribution in [3.63, 3.8) is 0 Å². The number of benzene rings is 2. The van der Waals surface area contributed by atoms with Gasteiger partial charge in [0.05, 0.1) is 34.6 Å². The van der Waals surface area contributed by atoms with Crippen LogP contribution < -0.4 is 0 Å². The Kier molecular flexibility index (Phi) is 20.2. The zero-order valence-electron chi connectivity index (χ0n) is 51.7. The van der Waals surface area contributed by atoms with E-state index in [0.717, 1.165) is 126 Å². The van der Waals surface area contributed by atoms with Crippen LogP contribution in [0.3, 0.4) is 0 Å². The number of nitrogens with zero attached hydrogens (tertiary/aromatic N) is 4. The van der Waals surface area contributed by atoms with E-state index in [-0.39, 0.29) is 17.0 Å². The van der Waals surface area contributed by atoms with Gasteiger partial charge in [0.25, 0.3) is 0 Å². The highest BCUT2D eigenvalue weighted by molar-refractivity contribution is 7.28. The summed E-state index contributed by atoms with van der Waals surface area (Å²) in [5.74, 6) is 0.470. The van der Waals surface area contributed by atoms with Crippen LogP contribution in [0.4, 0.5) is 8.78 Å². The second-order valence-corrected chi connectivity index (χ2v) is 34.2. The quantitative estimate of drug-likeness (QED) is 0.0421. The molecule has 0 radical (unpaired) electrons. The highest BCUT2D eigenvalue weighted by Crippen LogP contribution is 2.64. The standard InChI is InChI=1S/C73H76F2N4S10/c1-7-13-17-19-23-45-25-27-53(80-45)55-29-31-57(82-55)59-33-35-61(84-59)65-51(74)37-47(67-69(65)78-88-76-67)63-39-49-71(86-63)72-50(73(49,41-43(11-5)21-15-9-3)42-44(12-6)22-16-10-4)40-64(87-72)48-38-52(75)66(70-68(48)77-89-79-70)62-36-34-60(85-62)58-32-30-56(83-58)54-28-26-46(81-54)24-20-18-14-8-2/h25-40,43-44H,7-24,41-42H2,1-6H3. The number of aromatic nitrogens is 4. The van der Waals surface area contributed by atoms with E-state index in [1.54, 1.807) is 57.5 Å². The molecule has 0 amide bonds. The Balaban J connectivity index is 0.850. The maximum Gasteiger partial charge on any atom is 0.134 e. The highest BCUT2D eigenvalue weighted by atomic mass is 32.1. The average molecular weight is 1370 g/mol. The summed E-state index contributed by atoms with van der Waals surface area (Å²) in [6.45, 7) is 13.9. The van der Waals surface area contributed by atoms with Crippen LogP contribution in [-0.2, 0) is 18.3 Å². The molecule has 0 saturated carbocycles. The van der Waals surface area contributed by atoms with Crippen LogP contribution in [0, 0.1) is 23.5 Å². The van der Waals surface area contributed by atoms with E-state index in [0.29, 0.717) is 34.0 Å². The Morgan fingerprint density at radius 1 is 0.360 bits per heavy atom. The highest BCUT2D eigenvalue weighted by Gasteiger charge is 2.48. The lowest BCUT2D eigenvalue weighted by Gasteiger charge is -2.37. The molecule has 4 nitrogen and oxygen atoms in total. The minimum Gasteiger partial charge on any atom is -0.206 e. The maximum absolute atomic E-state index is 17.4. The Morgan fingerprint density at radius 2 is 0.708 bits per heavy atom. The molecular formula is C73H76F2N4S10. The molecule has 12 aromatic rings. The van der Waals surface area contributed by atoms with Gasteiger partial charge in [-0.3, -0.25) is 0 Å². The second kappa shape index (κ2) is 28.4. The molecule has 10 heterocycles. The number of fused-ring (bicyclic) bond motifs is 5. The molecule has 10 aromatic heterocycles. The smallest absolute Gasteiger partial charge is 0.134 e. The molecule has 0 spiro atoms. The minimum atomic E-state index is -0.295. The molecule has 1 aliphatic rings. The Bertz CT molecular complexity index is 4080. The average Bonchev–Trinajstić information content (AvgIpc) is 1.55. The largest absolute Gasteiger partial charge is 0.206 e. The first kappa shape index (κ1) is 63.3. The van der Waals surface area contributed by atoms with Crippen LogP contribution in [0.15, 0.2) is 97.1 Å². The molecular weight excluding hydrogens is 1290 g/mol. The third kappa shape index (κ3) is 12.9. The molecule has 0 bridgehead atoms. The number of rotatable bonds is 30. The van der Waals surface area contributed by atoms with Crippen molar-refractivity contribution in [3.05, 3.63) is 130 Å². The van der Waals surface area contributed by atoms with E-state index < -0.39 is 0 Å². The Labute approximate surface area is 564 Å². The van der Waals surface area contributed by atoms with Crippen molar-refractivity contribution < 1.29 is 8.78 Å². The lowest BCUT2D eigenvalue weighted by Crippen LogP contribution is -2.31. The molecule has 0 N–H and O–H groups in total. The van der Waals surface area contributed by atoms with E-state index in [9.17, 15) is 0 Å². The molecule has 2 unspecified atom stereocenters. The van der Waals surface area contributed by atoms with Gasteiger partial charge < -0.3 is 0 Å². The number of hydrogen-bond acceptors (Lipinski definition) is 14. The fourth-order valence-electron chi connectivity index (χ4n) is 13.5. The van der Waals surface area contributed by atoms with E-state index >= 15 is 8.78 Å². The molecule has 13 rings (SSSR count). The zero-order chi connectivity index (χ0) is 61.2. The molecule has 89 heavy (non-hydrogen) atoms. The van der Waals surface area contributed by atoms with E-state index in [2.05, 4.69) is 126 Å². The van der Waals surface area contributed by atoms with Crippen LogP contribution in [0.25, 0.3) is 113 Å². The lowest BCUT2D eigenvalue weighted by molar-refractivity contribution is 0.266. The third-order valence-electron chi connectivity index (χ3n) is 18.3.